The first kappa shape index (κ1) is 24.4. The van der Waals surface area contributed by atoms with Crippen molar-refractivity contribution in [2.45, 2.75) is 40.2 Å². The molecule has 0 atom stereocenters. The zero-order chi connectivity index (χ0) is 19.5. The van der Waals surface area contributed by atoms with Crippen LogP contribution in [0.15, 0.2) is 35.3 Å². The monoisotopic (exact) mass is 515 g/mol. The van der Waals surface area contributed by atoms with Crippen molar-refractivity contribution in [3.63, 3.8) is 0 Å². The Balaban J connectivity index is 0.00000392. The van der Waals surface area contributed by atoms with Crippen molar-refractivity contribution in [3.05, 3.63) is 51.5 Å². The van der Waals surface area contributed by atoms with E-state index in [1.54, 1.807) is 11.3 Å². The lowest BCUT2D eigenvalue weighted by molar-refractivity contribution is -0.121. The lowest BCUT2D eigenvalue weighted by Gasteiger charge is -2.11. The Morgan fingerprint density at radius 1 is 1.14 bits per heavy atom. The van der Waals surface area contributed by atoms with Crippen LogP contribution >= 0.6 is 35.3 Å². The molecule has 0 fully saturated rings. The first-order chi connectivity index (χ1) is 13.1. The van der Waals surface area contributed by atoms with Gasteiger partial charge in [-0.25, -0.2) is 4.98 Å². The van der Waals surface area contributed by atoms with E-state index < -0.39 is 0 Å². The number of amides is 1. The van der Waals surface area contributed by atoms with Crippen molar-refractivity contribution in [2.75, 3.05) is 19.6 Å². The third-order valence-corrected chi connectivity index (χ3v) is 5.12. The molecule has 0 saturated heterocycles. The summed E-state index contributed by atoms with van der Waals surface area (Å²) < 4.78 is 0. The van der Waals surface area contributed by atoms with Crippen LogP contribution in [0.25, 0.3) is 0 Å². The average Bonchev–Trinajstić information content (AvgIpc) is 2.98. The molecule has 0 aliphatic heterocycles. The first-order valence-electron chi connectivity index (χ1n) is 9.34. The van der Waals surface area contributed by atoms with E-state index in [0.717, 1.165) is 35.2 Å². The van der Waals surface area contributed by atoms with E-state index >= 15 is 0 Å². The Hall–Kier alpha value is -1.68. The zero-order valence-electron chi connectivity index (χ0n) is 16.7. The summed E-state index contributed by atoms with van der Waals surface area (Å²) in [5, 5.41) is 10.5. The SMILES string of the molecule is CCNC(=NCCc1nc(C)c(C)s1)NCCC(=O)NCc1ccccc1.I. The summed E-state index contributed by atoms with van der Waals surface area (Å²) in [6.45, 7) is 8.70. The summed E-state index contributed by atoms with van der Waals surface area (Å²) in [6.07, 6.45) is 1.23. The summed E-state index contributed by atoms with van der Waals surface area (Å²) >= 11 is 1.73. The number of nitrogens with zero attached hydrogens (tertiary/aromatic N) is 2. The second kappa shape index (κ2) is 13.5. The van der Waals surface area contributed by atoms with Crippen molar-refractivity contribution in [1.29, 1.82) is 0 Å². The quantitative estimate of drug-likeness (QED) is 0.273. The van der Waals surface area contributed by atoms with E-state index in [1.807, 2.05) is 44.2 Å². The number of hydrogen-bond donors (Lipinski definition) is 3. The standard InChI is InChI=1S/C20H29N5OS.HI/c1-4-21-20(23-13-11-19-25-15(2)16(3)27-19)22-12-10-18(26)24-14-17-8-6-5-7-9-17;/h5-9H,4,10-14H2,1-3H3,(H,24,26)(H2,21,22,23);1H. The molecule has 154 valence electrons. The Labute approximate surface area is 188 Å². The van der Waals surface area contributed by atoms with Crippen molar-refractivity contribution in [2.24, 2.45) is 4.99 Å². The van der Waals surface area contributed by atoms with Crippen molar-refractivity contribution < 1.29 is 4.79 Å². The van der Waals surface area contributed by atoms with Gasteiger partial charge in [-0.2, -0.15) is 0 Å². The molecule has 0 spiro atoms. The molecular weight excluding hydrogens is 485 g/mol. The molecule has 1 amide bonds. The number of nitrogens with one attached hydrogen (secondary N) is 3. The second-order valence-corrected chi connectivity index (χ2v) is 7.49. The minimum Gasteiger partial charge on any atom is -0.357 e. The van der Waals surface area contributed by atoms with Crippen molar-refractivity contribution in [3.8, 4) is 0 Å². The van der Waals surface area contributed by atoms with Crippen LogP contribution < -0.4 is 16.0 Å². The number of aliphatic imine (C=N–C) groups is 1. The number of rotatable bonds is 9. The summed E-state index contributed by atoms with van der Waals surface area (Å²) in [7, 11) is 0. The van der Waals surface area contributed by atoms with Crippen molar-refractivity contribution >= 4 is 47.2 Å². The number of aryl methyl sites for hydroxylation is 2. The van der Waals surface area contributed by atoms with Gasteiger partial charge in [0.05, 0.1) is 10.7 Å². The van der Waals surface area contributed by atoms with Gasteiger partial charge in [-0.1, -0.05) is 30.3 Å². The highest BCUT2D eigenvalue weighted by Gasteiger charge is 2.05. The van der Waals surface area contributed by atoms with Crippen LogP contribution in [0.3, 0.4) is 0 Å². The number of aromatic nitrogens is 1. The maximum atomic E-state index is 12.0. The van der Waals surface area contributed by atoms with E-state index in [1.165, 1.54) is 4.88 Å². The number of thiazole rings is 1. The van der Waals surface area contributed by atoms with Gasteiger partial charge in [-0.3, -0.25) is 9.79 Å². The molecule has 1 aromatic heterocycles. The average molecular weight is 515 g/mol. The number of halogens is 1. The summed E-state index contributed by atoms with van der Waals surface area (Å²) in [5.74, 6) is 0.759. The number of guanidine groups is 1. The topological polar surface area (TPSA) is 78.4 Å². The minimum absolute atomic E-state index is 0. The van der Waals surface area contributed by atoms with Gasteiger partial charge >= 0.3 is 0 Å². The molecule has 0 saturated carbocycles. The van der Waals surface area contributed by atoms with E-state index in [-0.39, 0.29) is 29.9 Å². The Morgan fingerprint density at radius 2 is 1.89 bits per heavy atom. The zero-order valence-corrected chi connectivity index (χ0v) is 19.9. The van der Waals surface area contributed by atoms with Crippen LogP contribution in [0.1, 0.15) is 34.5 Å². The van der Waals surface area contributed by atoms with Gasteiger partial charge in [-0.05, 0) is 26.3 Å². The molecule has 1 aromatic carbocycles. The lowest BCUT2D eigenvalue weighted by atomic mass is 10.2. The molecule has 2 aromatic rings. The van der Waals surface area contributed by atoms with Crippen LogP contribution in [0, 0.1) is 13.8 Å². The fourth-order valence-corrected chi connectivity index (χ4v) is 3.35. The molecule has 0 unspecified atom stereocenters. The number of carbonyl (C=O) groups excluding carboxylic acids is 1. The van der Waals surface area contributed by atoms with Gasteiger partial charge in [0.15, 0.2) is 5.96 Å². The predicted molar refractivity (Wildman–Crippen MR) is 128 cm³/mol. The van der Waals surface area contributed by atoms with E-state index in [0.29, 0.717) is 26.1 Å². The minimum atomic E-state index is 0. The molecule has 0 bridgehead atoms. The number of hydrogen-bond acceptors (Lipinski definition) is 4. The summed E-state index contributed by atoms with van der Waals surface area (Å²) in [5.41, 5.74) is 2.20. The van der Waals surface area contributed by atoms with Crippen LogP contribution in [0.2, 0.25) is 0 Å². The molecule has 0 aliphatic carbocycles. The van der Waals surface area contributed by atoms with Crippen LogP contribution in [0.5, 0.6) is 0 Å². The highest BCUT2D eigenvalue weighted by molar-refractivity contribution is 14.0. The maximum Gasteiger partial charge on any atom is 0.222 e. The Morgan fingerprint density at radius 3 is 2.54 bits per heavy atom. The molecule has 28 heavy (non-hydrogen) atoms. The highest BCUT2D eigenvalue weighted by atomic mass is 127. The van der Waals surface area contributed by atoms with Gasteiger partial charge in [-0.15, -0.1) is 35.3 Å². The van der Waals surface area contributed by atoms with Gasteiger partial charge in [0.25, 0.3) is 0 Å². The van der Waals surface area contributed by atoms with E-state index in [4.69, 9.17) is 0 Å². The summed E-state index contributed by atoms with van der Waals surface area (Å²) in [4.78, 5) is 22.3. The number of carbonyl (C=O) groups is 1. The molecule has 6 nitrogen and oxygen atoms in total. The second-order valence-electron chi connectivity index (χ2n) is 6.20. The lowest BCUT2D eigenvalue weighted by Crippen LogP contribution is -2.39. The van der Waals surface area contributed by atoms with E-state index in [9.17, 15) is 4.79 Å². The van der Waals surface area contributed by atoms with Crippen LogP contribution in [0.4, 0.5) is 0 Å². The molecule has 0 radical (unpaired) electrons. The van der Waals surface area contributed by atoms with Crippen LogP contribution in [-0.2, 0) is 17.8 Å². The normalized spacial score (nSPS) is 10.9. The fourth-order valence-electron chi connectivity index (χ4n) is 2.43. The summed E-state index contributed by atoms with van der Waals surface area (Å²) in [6, 6.07) is 9.90. The molecule has 8 heteroatoms. The fraction of sp³-hybridized carbons (Fsp3) is 0.450. The highest BCUT2D eigenvalue weighted by Crippen LogP contribution is 2.16. The Bertz CT molecular complexity index is 729. The largest absolute Gasteiger partial charge is 0.357 e. The third-order valence-electron chi connectivity index (χ3n) is 3.99. The number of benzene rings is 1. The Kier molecular flexibility index (Phi) is 11.7. The van der Waals surface area contributed by atoms with E-state index in [2.05, 4.69) is 32.9 Å². The predicted octanol–water partition coefficient (Wildman–Crippen LogP) is 3.18. The maximum absolute atomic E-state index is 12.0. The van der Waals surface area contributed by atoms with Gasteiger partial charge in [0.1, 0.15) is 0 Å². The van der Waals surface area contributed by atoms with Gasteiger partial charge in [0.2, 0.25) is 5.91 Å². The van der Waals surface area contributed by atoms with Crippen LogP contribution in [-0.4, -0.2) is 36.5 Å². The third kappa shape index (κ3) is 9.01. The molecule has 1 heterocycles. The molecule has 0 aliphatic rings. The molecule has 2 rings (SSSR count). The first-order valence-corrected chi connectivity index (χ1v) is 10.2. The molecular formula is C20H30IN5OS. The van der Waals surface area contributed by atoms with Gasteiger partial charge in [0, 0.05) is 43.9 Å². The van der Waals surface area contributed by atoms with Crippen molar-refractivity contribution in [1.82, 2.24) is 20.9 Å². The van der Waals surface area contributed by atoms with Gasteiger partial charge < -0.3 is 16.0 Å². The molecule has 3 N–H and O–H groups in total. The smallest absolute Gasteiger partial charge is 0.222 e.